The van der Waals surface area contributed by atoms with E-state index in [1.165, 1.54) is 0 Å². The van der Waals surface area contributed by atoms with E-state index >= 15 is 0 Å². The molecule has 13 heavy (non-hydrogen) atoms. The van der Waals surface area contributed by atoms with Crippen molar-refractivity contribution >= 4 is 11.9 Å². The van der Waals surface area contributed by atoms with E-state index in [4.69, 9.17) is 5.73 Å². The van der Waals surface area contributed by atoms with Crippen LogP contribution >= 0.6 is 0 Å². The Labute approximate surface area is 75.2 Å². The second-order valence-corrected chi connectivity index (χ2v) is 2.46. The average molecular weight is 192 g/mol. The van der Waals surface area contributed by atoms with Crippen LogP contribution in [0.25, 0.3) is 0 Å². The van der Waals surface area contributed by atoms with E-state index in [1.807, 2.05) is 0 Å². The molecule has 0 saturated carbocycles. The number of hydrogen-bond donors (Lipinski definition) is 2. The number of alkyl halides is 1. The Kier molecular flexibility index (Phi) is 4.98. The van der Waals surface area contributed by atoms with Gasteiger partial charge in [-0.3, -0.25) is 9.59 Å². The van der Waals surface area contributed by atoms with Crippen molar-refractivity contribution in [2.75, 3.05) is 6.61 Å². The molecule has 4 N–H and O–H groups in total. The third-order valence-corrected chi connectivity index (χ3v) is 1.36. The Morgan fingerprint density at radius 2 is 2.08 bits per heavy atom. The molecule has 2 atom stereocenters. The average Bonchev–Trinajstić information content (AvgIpc) is 2.04. The Bertz CT molecular complexity index is 198. The molecule has 0 aliphatic carbocycles. The molecule has 0 aliphatic rings. The lowest BCUT2D eigenvalue weighted by atomic mass is 10.1. The number of nitrogens with two attached hydrogens (primary N) is 2. The number of ether oxygens (including phenoxy) is 1. The van der Waals surface area contributed by atoms with Crippen molar-refractivity contribution in [1.82, 2.24) is 0 Å². The van der Waals surface area contributed by atoms with Crippen molar-refractivity contribution in [2.45, 2.75) is 25.6 Å². The molecule has 76 valence electrons. The molecule has 0 bridgehead atoms. The van der Waals surface area contributed by atoms with Gasteiger partial charge in [0, 0.05) is 6.42 Å². The minimum Gasteiger partial charge on any atom is -0.465 e. The molecule has 0 fully saturated rings. The van der Waals surface area contributed by atoms with Crippen molar-refractivity contribution in [1.29, 1.82) is 0 Å². The lowest BCUT2D eigenvalue weighted by Gasteiger charge is -2.11. The number of esters is 1. The molecule has 0 aromatic carbocycles. The Balaban J connectivity index is 3.92. The maximum Gasteiger partial charge on any atom is 0.323 e. The number of rotatable bonds is 5. The first kappa shape index (κ1) is 11.8. The van der Waals surface area contributed by atoms with Gasteiger partial charge in [-0.1, -0.05) is 0 Å². The molecule has 0 unspecified atom stereocenters. The second-order valence-electron chi connectivity index (χ2n) is 2.46. The fourth-order valence-corrected chi connectivity index (χ4v) is 0.685. The van der Waals surface area contributed by atoms with Crippen molar-refractivity contribution in [3.05, 3.63) is 0 Å². The first-order chi connectivity index (χ1) is 5.99. The highest BCUT2D eigenvalue weighted by molar-refractivity contribution is 5.81. The molecule has 0 rings (SSSR count). The molecule has 0 saturated heterocycles. The lowest BCUT2D eigenvalue weighted by molar-refractivity contribution is -0.145. The maximum absolute atomic E-state index is 12.6. The number of hydrogen-bond acceptors (Lipinski definition) is 4. The summed E-state index contributed by atoms with van der Waals surface area (Å²) in [6.07, 6.45) is -2.34. The fourth-order valence-electron chi connectivity index (χ4n) is 0.685. The van der Waals surface area contributed by atoms with Crippen LogP contribution in [-0.2, 0) is 14.3 Å². The lowest BCUT2D eigenvalue weighted by Crippen LogP contribution is -2.38. The summed E-state index contributed by atoms with van der Waals surface area (Å²) < 4.78 is 17.1. The van der Waals surface area contributed by atoms with Crippen LogP contribution in [0.1, 0.15) is 13.3 Å². The summed E-state index contributed by atoms with van der Waals surface area (Å²) in [5, 5.41) is 0. The van der Waals surface area contributed by atoms with Gasteiger partial charge in [-0.05, 0) is 6.92 Å². The predicted molar refractivity (Wildman–Crippen MR) is 43.3 cm³/mol. The van der Waals surface area contributed by atoms with E-state index in [1.54, 1.807) is 6.92 Å². The van der Waals surface area contributed by atoms with E-state index in [9.17, 15) is 14.0 Å². The van der Waals surface area contributed by atoms with Gasteiger partial charge in [0.2, 0.25) is 0 Å². The van der Waals surface area contributed by atoms with Gasteiger partial charge in [0.25, 0.3) is 5.91 Å². The van der Waals surface area contributed by atoms with Crippen LogP contribution in [0.5, 0.6) is 0 Å². The summed E-state index contributed by atoms with van der Waals surface area (Å²) in [4.78, 5) is 21.1. The fraction of sp³-hybridized carbons (Fsp3) is 0.714. The van der Waals surface area contributed by atoms with Gasteiger partial charge in [-0.15, -0.1) is 0 Å². The molecule has 0 aliphatic heterocycles. The molecule has 0 aromatic rings. The van der Waals surface area contributed by atoms with Gasteiger partial charge >= 0.3 is 5.97 Å². The van der Waals surface area contributed by atoms with Gasteiger partial charge in [0.15, 0.2) is 6.17 Å². The minimum absolute atomic E-state index is 0.167. The standard InChI is InChI=1S/C7H13FN2O3/c1-2-13-7(12)5(9)3-4(8)6(10)11/h4-5H,2-3,9H2,1H3,(H2,10,11)/t4-,5+/m0/s1. The number of carbonyl (C=O) groups excluding carboxylic acids is 2. The summed E-state index contributed by atoms with van der Waals surface area (Å²) in [6.45, 7) is 1.77. The number of carbonyl (C=O) groups is 2. The second kappa shape index (κ2) is 5.47. The molecular formula is C7H13FN2O3. The Morgan fingerprint density at radius 3 is 2.46 bits per heavy atom. The summed E-state index contributed by atoms with van der Waals surface area (Å²) >= 11 is 0. The zero-order chi connectivity index (χ0) is 10.4. The smallest absolute Gasteiger partial charge is 0.323 e. The Morgan fingerprint density at radius 1 is 1.54 bits per heavy atom. The van der Waals surface area contributed by atoms with Crippen LogP contribution in [-0.4, -0.2) is 30.7 Å². The molecule has 5 nitrogen and oxygen atoms in total. The van der Waals surface area contributed by atoms with E-state index < -0.39 is 30.5 Å². The first-order valence-electron chi connectivity index (χ1n) is 3.84. The highest BCUT2D eigenvalue weighted by Crippen LogP contribution is 2.01. The highest BCUT2D eigenvalue weighted by atomic mass is 19.1. The molecular weight excluding hydrogens is 179 g/mol. The van der Waals surface area contributed by atoms with Crippen LogP contribution in [0.2, 0.25) is 0 Å². The molecule has 0 radical (unpaired) electrons. The molecule has 0 heterocycles. The van der Waals surface area contributed by atoms with Gasteiger partial charge in [0.1, 0.15) is 6.04 Å². The normalized spacial score (nSPS) is 14.7. The summed E-state index contributed by atoms with van der Waals surface area (Å²) in [5.41, 5.74) is 9.86. The van der Waals surface area contributed by atoms with Crippen LogP contribution in [0.3, 0.4) is 0 Å². The number of amides is 1. The predicted octanol–water partition coefficient (Wildman–Crippen LogP) is -0.910. The SMILES string of the molecule is CCOC(=O)[C@H](N)C[C@H](F)C(N)=O. The maximum atomic E-state index is 12.6. The topological polar surface area (TPSA) is 95.4 Å². The van der Waals surface area contributed by atoms with Crippen molar-refractivity contribution in [3.63, 3.8) is 0 Å². The third-order valence-electron chi connectivity index (χ3n) is 1.36. The summed E-state index contributed by atoms with van der Waals surface area (Å²) in [7, 11) is 0. The monoisotopic (exact) mass is 192 g/mol. The van der Waals surface area contributed by atoms with Gasteiger partial charge in [0.05, 0.1) is 6.61 Å². The molecule has 0 spiro atoms. The zero-order valence-electron chi connectivity index (χ0n) is 7.33. The highest BCUT2D eigenvalue weighted by Gasteiger charge is 2.23. The Hall–Kier alpha value is -1.17. The van der Waals surface area contributed by atoms with E-state index in [0.29, 0.717) is 0 Å². The van der Waals surface area contributed by atoms with Gasteiger partial charge < -0.3 is 16.2 Å². The third kappa shape index (κ3) is 4.41. The van der Waals surface area contributed by atoms with Crippen molar-refractivity contribution in [2.24, 2.45) is 11.5 Å². The summed E-state index contributed by atoms with van der Waals surface area (Å²) in [6, 6.07) is -1.14. The first-order valence-corrected chi connectivity index (χ1v) is 3.84. The van der Waals surface area contributed by atoms with E-state index in [0.717, 1.165) is 0 Å². The quantitative estimate of drug-likeness (QED) is 0.551. The zero-order valence-corrected chi connectivity index (χ0v) is 7.33. The van der Waals surface area contributed by atoms with Crippen molar-refractivity contribution < 1.29 is 18.7 Å². The largest absolute Gasteiger partial charge is 0.465 e. The van der Waals surface area contributed by atoms with Crippen LogP contribution < -0.4 is 11.5 Å². The van der Waals surface area contributed by atoms with E-state index in [2.05, 4.69) is 10.5 Å². The summed E-state index contributed by atoms with van der Waals surface area (Å²) in [5.74, 6) is -1.86. The number of halogens is 1. The molecule has 1 amide bonds. The number of primary amides is 1. The van der Waals surface area contributed by atoms with Gasteiger partial charge in [-0.25, -0.2) is 4.39 Å². The van der Waals surface area contributed by atoms with Crippen LogP contribution in [0.4, 0.5) is 4.39 Å². The van der Waals surface area contributed by atoms with Crippen molar-refractivity contribution in [3.8, 4) is 0 Å². The molecule has 0 aromatic heterocycles. The minimum atomic E-state index is -1.90. The molecule has 6 heteroatoms. The van der Waals surface area contributed by atoms with Gasteiger partial charge in [-0.2, -0.15) is 0 Å². The van der Waals surface area contributed by atoms with Crippen LogP contribution in [0, 0.1) is 0 Å². The van der Waals surface area contributed by atoms with Crippen LogP contribution in [0.15, 0.2) is 0 Å². The van der Waals surface area contributed by atoms with E-state index in [-0.39, 0.29) is 6.61 Å².